The number of halogens is 1. The molecule has 0 heterocycles. The third-order valence-electron chi connectivity index (χ3n) is 9.13. The zero-order valence-electron chi connectivity index (χ0n) is 32.6. The van der Waals surface area contributed by atoms with Crippen LogP contribution in [0.25, 0.3) is 0 Å². The Labute approximate surface area is 373 Å². The molecule has 0 saturated carbocycles. The van der Waals surface area contributed by atoms with Crippen LogP contribution in [0.2, 0.25) is 0 Å². The van der Waals surface area contributed by atoms with Crippen LogP contribution in [0, 0.1) is 0 Å². The minimum absolute atomic E-state index is 0. The molecular weight excluding hydrogens is 878 g/mol. The van der Waals surface area contributed by atoms with Gasteiger partial charge in [-0.3, -0.25) is 0 Å². The van der Waals surface area contributed by atoms with E-state index in [0.29, 0.717) is 0 Å². The molecule has 0 atom stereocenters. The van der Waals surface area contributed by atoms with E-state index in [1.165, 1.54) is 47.7 Å². The monoisotopic (exact) mass is 924 g/mol. The molecule has 0 aliphatic rings. The molecule has 9 aromatic rings. The van der Waals surface area contributed by atoms with Crippen LogP contribution in [0.5, 0.6) is 0 Å². The molecule has 0 aliphatic heterocycles. The van der Waals surface area contributed by atoms with Crippen LogP contribution in [0.4, 0.5) is 0 Å². The predicted molar refractivity (Wildman–Crippen MR) is 263 cm³/mol. The Morgan fingerprint density at radius 3 is 0.322 bits per heavy atom. The van der Waals surface area contributed by atoms with Gasteiger partial charge in [0.15, 0.2) is 0 Å². The van der Waals surface area contributed by atoms with Crippen LogP contribution in [0.15, 0.2) is 273 Å². The summed E-state index contributed by atoms with van der Waals surface area (Å²) in [6, 6.07) is 97.0. The van der Waals surface area contributed by atoms with Crippen molar-refractivity contribution in [1.29, 1.82) is 0 Å². The zero-order chi connectivity index (χ0) is 38.7. The Morgan fingerprint density at radius 1 is 0.153 bits per heavy atom. The van der Waals surface area contributed by atoms with E-state index in [1.54, 1.807) is 0 Å². The molecule has 0 N–H and O–H groups in total. The Bertz CT molecular complexity index is 1870. The largest absolute Gasteiger partial charge is 2.00 e. The van der Waals surface area contributed by atoms with E-state index < -0.39 is 23.8 Å². The summed E-state index contributed by atoms with van der Waals surface area (Å²) in [5.41, 5.74) is 0. The van der Waals surface area contributed by atoms with Crippen molar-refractivity contribution in [1.82, 2.24) is 0 Å². The summed E-state index contributed by atoms with van der Waals surface area (Å²) < 4.78 is 0. The average molecular weight is 924 g/mol. The van der Waals surface area contributed by atoms with E-state index >= 15 is 0 Å². The Hall–Kier alpha value is -4.82. The summed E-state index contributed by atoms with van der Waals surface area (Å²) in [6.07, 6.45) is 0. The van der Waals surface area contributed by atoms with Gasteiger partial charge in [-0.2, -0.15) is 0 Å². The van der Waals surface area contributed by atoms with Gasteiger partial charge in [0.1, 0.15) is 0 Å². The van der Waals surface area contributed by atoms with Gasteiger partial charge in [0.25, 0.3) is 0 Å². The molecule has 0 amide bonds. The van der Waals surface area contributed by atoms with Crippen LogP contribution in [-0.2, 0) is 19.5 Å². The Kier molecular flexibility index (Phi) is 19.1. The van der Waals surface area contributed by atoms with Crippen LogP contribution in [-0.4, -0.2) is 0 Å². The standard InChI is InChI=1S/3C18H15P.ClH.Ru/c3*1-4-10-16(11-5-1)19(17-12-6-2-7-13-17)18-14-8-3-9-15-18;;/h3*1-15H;1H;/q;;;;+2. The SMILES string of the molecule is Cl.[Ru+2].c1ccc(P(c2ccccc2)c2ccccc2)cc1.c1ccc(P(c2ccccc2)c2ccccc2)cc1.c1ccc(P(c2ccccc2)c2ccccc2)cc1. The van der Waals surface area contributed by atoms with Crippen LogP contribution in [0.1, 0.15) is 0 Å². The van der Waals surface area contributed by atoms with Gasteiger partial charge in [0.05, 0.1) is 0 Å². The number of rotatable bonds is 9. The molecule has 0 nitrogen and oxygen atoms in total. The molecule has 0 unspecified atom stereocenters. The van der Waals surface area contributed by atoms with Gasteiger partial charge in [0, 0.05) is 0 Å². The third kappa shape index (κ3) is 13.1. The minimum atomic E-state index is -0.446. The summed E-state index contributed by atoms with van der Waals surface area (Å²) in [7, 11) is -1.34. The fourth-order valence-corrected chi connectivity index (χ4v) is 13.5. The van der Waals surface area contributed by atoms with E-state index in [-0.39, 0.29) is 31.9 Å². The van der Waals surface area contributed by atoms with E-state index in [9.17, 15) is 0 Å². The quantitative estimate of drug-likeness (QED) is 0.1000. The normalized spacial score (nSPS) is 10.2. The van der Waals surface area contributed by atoms with Crippen molar-refractivity contribution in [3.8, 4) is 0 Å². The number of hydrogen-bond acceptors (Lipinski definition) is 0. The summed E-state index contributed by atoms with van der Waals surface area (Å²) >= 11 is 0. The molecule has 0 radical (unpaired) electrons. The zero-order valence-corrected chi connectivity index (χ0v) is 37.8. The van der Waals surface area contributed by atoms with E-state index in [0.717, 1.165) is 0 Å². The smallest absolute Gasteiger partial charge is 0.147 e. The fraction of sp³-hybridized carbons (Fsp3) is 0. The van der Waals surface area contributed by atoms with E-state index in [4.69, 9.17) is 0 Å². The second kappa shape index (κ2) is 25.0. The van der Waals surface area contributed by atoms with Crippen LogP contribution < -0.4 is 47.7 Å². The summed E-state index contributed by atoms with van der Waals surface area (Å²) in [5, 5.41) is 12.6. The second-order valence-electron chi connectivity index (χ2n) is 13.0. The van der Waals surface area contributed by atoms with Crippen molar-refractivity contribution in [3.05, 3.63) is 273 Å². The maximum atomic E-state index is 2.23. The summed E-state index contributed by atoms with van der Waals surface area (Å²) in [6.45, 7) is 0. The van der Waals surface area contributed by atoms with E-state index in [1.807, 2.05) is 0 Å². The van der Waals surface area contributed by atoms with Crippen molar-refractivity contribution in [2.75, 3.05) is 0 Å². The van der Waals surface area contributed by atoms with Crippen LogP contribution >= 0.6 is 36.2 Å². The second-order valence-corrected chi connectivity index (χ2v) is 19.7. The van der Waals surface area contributed by atoms with Crippen molar-refractivity contribution in [2.24, 2.45) is 0 Å². The van der Waals surface area contributed by atoms with E-state index in [2.05, 4.69) is 273 Å². The van der Waals surface area contributed by atoms with Gasteiger partial charge in [-0.15, -0.1) is 12.4 Å². The molecule has 0 saturated heterocycles. The molecule has 0 aliphatic carbocycles. The molecule has 0 spiro atoms. The summed E-state index contributed by atoms with van der Waals surface area (Å²) in [4.78, 5) is 0. The van der Waals surface area contributed by atoms with Crippen molar-refractivity contribution in [3.63, 3.8) is 0 Å². The van der Waals surface area contributed by atoms with Gasteiger partial charge in [-0.1, -0.05) is 273 Å². The van der Waals surface area contributed by atoms with Gasteiger partial charge in [0.2, 0.25) is 0 Å². The third-order valence-corrected chi connectivity index (χ3v) is 16.5. The molecule has 9 rings (SSSR count). The summed E-state index contributed by atoms with van der Waals surface area (Å²) in [5.74, 6) is 0. The predicted octanol–water partition coefficient (Wildman–Crippen LogP) is 10.8. The topological polar surface area (TPSA) is 0 Å². The maximum Gasteiger partial charge on any atom is 2.00 e. The molecule has 0 bridgehead atoms. The molecular formula is C54H46ClP3Ru+2. The fourth-order valence-electron chi connectivity index (χ4n) is 6.54. The van der Waals surface area contributed by atoms with Gasteiger partial charge in [-0.25, -0.2) is 0 Å². The number of hydrogen-bond donors (Lipinski definition) is 0. The molecule has 9 aromatic carbocycles. The first kappa shape index (κ1) is 45.3. The molecule has 0 aromatic heterocycles. The van der Waals surface area contributed by atoms with Gasteiger partial charge >= 0.3 is 19.5 Å². The Morgan fingerprint density at radius 2 is 0.237 bits per heavy atom. The first-order chi connectivity index (χ1) is 28.3. The molecule has 5 heteroatoms. The van der Waals surface area contributed by atoms with Crippen molar-refractivity contribution >= 4 is 83.9 Å². The minimum Gasteiger partial charge on any atom is -0.147 e. The average Bonchev–Trinajstić information content (AvgIpc) is 3.30. The van der Waals surface area contributed by atoms with Gasteiger partial charge in [-0.05, 0) is 71.5 Å². The van der Waals surface area contributed by atoms with Crippen LogP contribution in [0.3, 0.4) is 0 Å². The van der Waals surface area contributed by atoms with Gasteiger partial charge < -0.3 is 0 Å². The van der Waals surface area contributed by atoms with Crippen molar-refractivity contribution in [2.45, 2.75) is 0 Å². The van der Waals surface area contributed by atoms with Crippen molar-refractivity contribution < 1.29 is 19.5 Å². The molecule has 59 heavy (non-hydrogen) atoms. The number of benzene rings is 9. The first-order valence-corrected chi connectivity index (χ1v) is 23.2. The first-order valence-electron chi connectivity index (χ1n) is 19.2. The maximum absolute atomic E-state index is 2.23. The molecule has 290 valence electrons. The molecule has 0 fully saturated rings. The Balaban J connectivity index is 0.000000165.